The molecular formula is C14H12BrFN2O2. The number of carbonyl (C=O) groups excluding carboxylic acids is 1. The van der Waals surface area contributed by atoms with Crippen LogP contribution in [0.5, 0.6) is 0 Å². The van der Waals surface area contributed by atoms with Crippen LogP contribution in [-0.2, 0) is 6.54 Å². The monoisotopic (exact) mass is 338 g/mol. The van der Waals surface area contributed by atoms with Gasteiger partial charge >= 0.3 is 0 Å². The molecule has 0 fully saturated rings. The summed E-state index contributed by atoms with van der Waals surface area (Å²) in [6, 6.07) is 7.05. The molecular weight excluding hydrogens is 327 g/mol. The quantitative estimate of drug-likeness (QED) is 0.935. The Balaban J connectivity index is 2.25. The Morgan fingerprint density at radius 2 is 2.10 bits per heavy atom. The number of hydrogen-bond acceptors (Lipinski definition) is 2. The first-order chi connectivity index (χ1) is 9.51. The van der Waals surface area contributed by atoms with Crippen LogP contribution in [0, 0.1) is 5.82 Å². The van der Waals surface area contributed by atoms with Gasteiger partial charge in [0.2, 0.25) is 0 Å². The first-order valence-corrected chi connectivity index (χ1v) is 6.77. The molecule has 0 saturated heterocycles. The van der Waals surface area contributed by atoms with Gasteiger partial charge in [-0.25, -0.2) is 4.39 Å². The van der Waals surface area contributed by atoms with Gasteiger partial charge in [0.15, 0.2) is 0 Å². The average Bonchev–Trinajstić information content (AvgIpc) is 2.40. The molecule has 6 heteroatoms. The van der Waals surface area contributed by atoms with Gasteiger partial charge in [0.25, 0.3) is 11.5 Å². The third kappa shape index (κ3) is 3.14. The fourth-order valence-electron chi connectivity index (χ4n) is 1.72. The summed E-state index contributed by atoms with van der Waals surface area (Å²) in [5, 5.41) is 2.57. The minimum Gasteiger partial charge on any atom is -0.321 e. The van der Waals surface area contributed by atoms with Gasteiger partial charge in [-0.05, 0) is 31.2 Å². The first kappa shape index (κ1) is 14.5. The molecule has 0 aliphatic heterocycles. The molecule has 0 radical (unpaired) electrons. The van der Waals surface area contributed by atoms with E-state index in [1.165, 1.54) is 35.0 Å². The second kappa shape index (κ2) is 6.00. The van der Waals surface area contributed by atoms with E-state index >= 15 is 0 Å². The van der Waals surface area contributed by atoms with E-state index in [1.54, 1.807) is 6.07 Å². The summed E-state index contributed by atoms with van der Waals surface area (Å²) in [4.78, 5) is 23.4. The van der Waals surface area contributed by atoms with E-state index in [0.717, 1.165) is 0 Å². The van der Waals surface area contributed by atoms with Crippen LogP contribution in [0.15, 0.2) is 45.8 Å². The maximum Gasteiger partial charge on any atom is 0.258 e. The Hall–Kier alpha value is -1.95. The zero-order chi connectivity index (χ0) is 14.7. The lowest BCUT2D eigenvalue weighted by molar-refractivity contribution is 0.102. The highest BCUT2D eigenvalue weighted by atomic mass is 79.9. The first-order valence-electron chi connectivity index (χ1n) is 5.98. The predicted molar refractivity (Wildman–Crippen MR) is 78.4 cm³/mol. The van der Waals surface area contributed by atoms with Crippen LogP contribution in [0.2, 0.25) is 0 Å². The largest absolute Gasteiger partial charge is 0.321 e. The zero-order valence-electron chi connectivity index (χ0n) is 10.7. The Morgan fingerprint density at radius 3 is 2.75 bits per heavy atom. The topological polar surface area (TPSA) is 51.1 Å². The lowest BCUT2D eigenvalue weighted by atomic mass is 10.2. The highest BCUT2D eigenvalue weighted by molar-refractivity contribution is 9.10. The molecule has 2 rings (SSSR count). The van der Waals surface area contributed by atoms with E-state index in [-0.39, 0.29) is 11.1 Å². The number of aryl methyl sites for hydroxylation is 1. The van der Waals surface area contributed by atoms with Gasteiger partial charge in [0.1, 0.15) is 5.82 Å². The third-order valence-electron chi connectivity index (χ3n) is 2.76. The fraction of sp³-hybridized carbons (Fsp3) is 0.143. The highest BCUT2D eigenvalue weighted by Crippen LogP contribution is 2.16. The molecule has 0 spiro atoms. The molecule has 0 bridgehead atoms. The zero-order valence-corrected chi connectivity index (χ0v) is 12.3. The van der Waals surface area contributed by atoms with E-state index < -0.39 is 11.7 Å². The van der Waals surface area contributed by atoms with Crippen LogP contribution in [-0.4, -0.2) is 10.5 Å². The predicted octanol–water partition coefficient (Wildman–Crippen LogP) is 3.02. The van der Waals surface area contributed by atoms with Crippen LogP contribution < -0.4 is 10.9 Å². The second-order valence-corrected chi connectivity index (χ2v) is 5.04. The van der Waals surface area contributed by atoms with Crippen LogP contribution >= 0.6 is 15.9 Å². The number of aromatic nitrogens is 1. The van der Waals surface area contributed by atoms with Gasteiger partial charge in [-0.2, -0.15) is 0 Å². The molecule has 104 valence electrons. The number of halogens is 2. The Kier molecular flexibility index (Phi) is 4.34. The molecule has 0 saturated carbocycles. The third-order valence-corrected chi connectivity index (χ3v) is 3.25. The minimum atomic E-state index is -0.610. The standard InChI is InChI=1S/C14H12BrFN2O2/c1-2-18-8-10(4-6-13(18)19)17-14(20)11-5-3-9(15)7-12(11)16/h3-8H,2H2,1H3,(H,17,20). The van der Waals surface area contributed by atoms with Crippen molar-refractivity contribution in [3.05, 3.63) is 62.7 Å². The molecule has 0 unspecified atom stereocenters. The van der Waals surface area contributed by atoms with Crippen molar-refractivity contribution in [2.45, 2.75) is 13.5 Å². The van der Waals surface area contributed by atoms with E-state index in [4.69, 9.17) is 0 Å². The van der Waals surface area contributed by atoms with Gasteiger partial charge in [0, 0.05) is 23.3 Å². The number of anilines is 1. The molecule has 1 N–H and O–H groups in total. The average molecular weight is 339 g/mol. The Labute approximate surface area is 123 Å². The van der Waals surface area contributed by atoms with Crippen LogP contribution in [0.3, 0.4) is 0 Å². The molecule has 0 atom stereocenters. The SMILES string of the molecule is CCn1cc(NC(=O)c2ccc(Br)cc2F)ccc1=O. The molecule has 20 heavy (non-hydrogen) atoms. The summed E-state index contributed by atoms with van der Waals surface area (Å²) in [5.41, 5.74) is 0.238. The molecule has 1 amide bonds. The number of hydrogen-bond donors (Lipinski definition) is 1. The number of benzene rings is 1. The molecule has 0 aliphatic rings. The van der Waals surface area contributed by atoms with Crippen molar-refractivity contribution >= 4 is 27.5 Å². The molecule has 4 nitrogen and oxygen atoms in total. The van der Waals surface area contributed by atoms with Gasteiger partial charge < -0.3 is 9.88 Å². The smallest absolute Gasteiger partial charge is 0.258 e. The summed E-state index contributed by atoms with van der Waals surface area (Å²) < 4.78 is 15.7. The van der Waals surface area contributed by atoms with Crippen molar-refractivity contribution in [3.8, 4) is 0 Å². The van der Waals surface area contributed by atoms with E-state index in [0.29, 0.717) is 16.7 Å². The summed E-state index contributed by atoms with van der Waals surface area (Å²) in [6.07, 6.45) is 1.52. The maximum atomic E-state index is 13.7. The van der Waals surface area contributed by atoms with Gasteiger partial charge in [0.05, 0.1) is 11.3 Å². The van der Waals surface area contributed by atoms with Crippen molar-refractivity contribution in [1.29, 1.82) is 0 Å². The van der Waals surface area contributed by atoms with Gasteiger partial charge in [-0.15, -0.1) is 0 Å². The van der Waals surface area contributed by atoms with Gasteiger partial charge in [-0.1, -0.05) is 15.9 Å². The number of nitrogens with one attached hydrogen (secondary N) is 1. The summed E-state index contributed by atoms with van der Waals surface area (Å²) in [6.45, 7) is 2.32. The van der Waals surface area contributed by atoms with Crippen molar-refractivity contribution < 1.29 is 9.18 Å². The van der Waals surface area contributed by atoms with Gasteiger partial charge in [-0.3, -0.25) is 9.59 Å². The number of rotatable bonds is 3. The van der Waals surface area contributed by atoms with Crippen molar-refractivity contribution in [1.82, 2.24) is 4.57 Å². The number of nitrogens with zero attached hydrogens (tertiary/aromatic N) is 1. The number of carbonyl (C=O) groups is 1. The van der Waals surface area contributed by atoms with E-state index in [2.05, 4.69) is 21.2 Å². The van der Waals surface area contributed by atoms with Crippen molar-refractivity contribution in [3.63, 3.8) is 0 Å². The van der Waals surface area contributed by atoms with Crippen molar-refractivity contribution in [2.75, 3.05) is 5.32 Å². The number of amides is 1. The molecule has 1 aromatic heterocycles. The fourth-order valence-corrected chi connectivity index (χ4v) is 2.06. The Bertz CT molecular complexity index is 713. The summed E-state index contributed by atoms with van der Waals surface area (Å²) in [7, 11) is 0. The lowest BCUT2D eigenvalue weighted by Crippen LogP contribution is -2.20. The molecule has 1 heterocycles. The normalized spacial score (nSPS) is 10.3. The summed E-state index contributed by atoms with van der Waals surface area (Å²) in [5.74, 6) is -1.17. The molecule has 0 aliphatic carbocycles. The molecule has 1 aromatic carbocycles. The van der Waals surface area contributed by atoms with Crippen LogP contribution in [0.25, 0.3) is 0 Å². The van der Waals surface area contributed by atoms with Crippen LogP contribution in [0.1, 0.15) is 17.3 Å². The highest BCUT2D eigenvalue weighted by Gasteiger charge is 2.12. The summed E-state index contributed by atoms with van der Waals surface area (Å²) >= 11 is 3.13. The van der Waals surface area contributed by atoms with Crippen LogP contribution in [0.4, 0.5) is 10.1 Å². The van der Waals surface area contributed by atoms with Crippen molar-refractivity contribution in [2.24, 2.45) is 0 Å². The minimum absolute atomic E-state index is 0.0533. The number of pyridine rings is 1. The maximum absolute atomic E-state index is 13.7. The Morgan fingerprint density at radius 1 is 1.35 bits per heavy atom. The second-order valence-electron chi connectivity index (χ2n) is 4.12. The lowest BCUT2D eigenvalue weighted by Gasteiger charge is -2.08. The van der Waals surface area contributed by atoms with E-state index in [1.807, 2.05) is 6.92 Å². The molecule has 2 aromatic rings. The van der Waals surface area contributed by atoms with E-state index in [9.17, 15) is 14.0 Å².